The molecule has 128 valence electrons. The normalized spacial score (nSPS) is 19.2. The van der Waals surface area contributed by atoms with Crippen LogP contribution in [0.4, 0.5) is 10.1 Å². The predicted octanol–water partition coefficient (Wildman–Crippen LogP) is 2.73. The van der Waals surface area contributed by atoms with Gasteiger partial charge in [-0.2, -0.15) is 5.10 Å². The van der Waals surface area contributed by atoms with Gasteiger partial charge in [-0.05, 0) is 36.4 Å². The molecule has 0 spiro atoms. The second-order valence-electron chi connectivity index (χ2n) is 5.00. The number of carboxylic acid groups (broad SMARTS) is 1. The number of thioether (sulfide) groups is 1. The first-order chi connectivity index (χ1) is 12.0. The van der Waals surface area contributed by atoms with Crippen LogP contribution in [0.3, 0.4) is 0 Å². The van der Waals surface area contributed by atoms with Gasteiger partial charge in [-0.1, -0.05) is 11.8 Å². The molecule has 9 heteroatoms. The maximum atomic E-state index is 13.1. The number of amidine groups is 1. The molecule has 0 saturated carbocycles. The van der Waals surface area contributed by atoms with Crippen molar-refractivity contribution in [1.29, 1.82) is 0 Å². The van der Waals surface area contributed by atoms with E-state index in [0.29, 0.717) is 11.4 Å². The molecule has 2 heterocycles. The van der Waals surface area contributed by atoms with Crippen LogP contribution in [-0.2, 0) is 9.59 Å². The van der Waals surface area contributed by atoms with Crippen LogP contribution < -0.4 is 4.90 Å². The minimum atomic E-state index is -1.09. The van der Waals surface area contributed by atoms with Crippen molar-refractivity contribution >= 4 is 40.7 Å². The Bertz CT molecular complexity index is 834. The minimum absolute atomic E-state index is 0.214. The first kappa shape index (κ1) is 16.9. The molecule has 1 N–H and O–H groups in total. The highest BCUT2D eigenvalue weighted by Crippen LogP contribution is 2.33. The Kier molecular flexibility index (Phi) is 4.94. The number of carbonyl (C=O) groups is 2. The largest absolute Gasteiger partial charge is 0.481 e. The van der Waals surface area contributed by atoms with Crippen molar-refractivity contribution in [2.75, 3.05) is 4.90 Å². The number of benzene rings is 1. The van der Waals surface area contributed by atoms with Gasteiger partial charge in [0, 0.05) is 0 Å². The fourth-order valence-electron chi connectivity index (χ4n) is 2.15. The van der Waals surface area contributed by atoms with E-state index in [1.165, 1.54) is 41.6 Å². The molecule has 2 aromatic rings. The van der Waals surface area contributed by atoms with Crippen molar-refractivity contribution in [2.45, 2.75) is 11.7 Å². The van der Waals surface area contributed by atoms with Crippen LogP contribution in [-0.4, -0.2) is 33.6 Å². The second kappa shape index (κ2) is 7.31. The van der Waals surface area contributed by atoms with Crippen LogP contribution >= 0.6 is 11.8 Å². The number of rotatable bonds is 5. The summed E-state index contributed by atoms with van der Waals surface area (Å²) in [6.07, 6.45) is 2.50. The molecule has 0 radical (unpaired) electrons. The monoisotopic (exact) mass is 361 g/mol. The Labute approximate surface area is 145 Å². The van der Waals surface area contributed by atoms with Gasteiger partial charge in [0.25, 0.3) is 0 Å². The number of aliphatic carboxylic acids is 1. The summed E-state index contributed by atoms with van der Waals surface area (Å²) in [7, 11) is 0. The van der Waals surface area contributed by atoms with Crippen molar-refractivity contribution in [1.82, 2.24) is 0 Å². The molecular weight excluding hydrogens is 349 g/mol. The van der Waals surface area contributed by atoms with Gasteiger partial charge in [0.15, 0.2) is 5.17 Å². The van der Waals surface area contributed by atoms with E-state index in [1.54, 1.807) is 12.1 Å². The van der Waals surface area contributed by atoms with E-state index >= 15 is 0 Å². The van der Waals surface area contributed by atoms with E-state index in [4.69, 9.17) is 9.52 Å². The number of carbonyl (C=O) groups excluding carboxylic acids is 1. The number of carboxylic acids is 1. The lowest BCUT2D eigenvalue weighted by molar-refractivity contribution is -0.138. The van der Waals surface area contributed by atoms with Crippen LogP contribution in [0.15, 0.2) is 57.3 Å². The van der Waals surface area contributed by atoms with E-state index in [-0.39, 0.29) is 11.6 Å². The number of halogens is 1. The Morgan fingerprint density at radius 2 is 2.12 bits per heavy atom. The molecule has 1 amide bonds. The second-order valence-corrected chi connectivity index (χ2v) is 6.17. The van der Waals surface area contributed by atoms with Crippen LogP contribution in [0, 0.1) is 5.82 Å². The molecule has 1 aromatic heterocycles. The third kappa shape index (κ3) is 3.94. The third-order valence-electron chi connectivity index (χ3n) is 3.25. The maximum absolute atomic E-state index is 13.1. The summed E-state index contributed by atoms with van der Waals surface area (Å²) in [6.45, 7) is 0. The SMILES string of the molecule is O=C(O)C[C@@H]1S/C(=N\N=C\c2ccco2)N(c2ccc(F)cc2)C1=O. The van der Waals surface area contributed by atoms with Crippen molar-refractivity contribution < 1.29 is 23.5 Å². The number of amides is 1. The average molecular weight is 361 g/mol. The van der Waals surface area contributed by atoms with E-state index in [0.717, 1.165) is 11.8 Å². The zero-order valence-corrected chi connectivity index (χ0v) is 13.5. The summed E-state index contributed by atoms with van der Waals surface area (Å²) in [6, 6.07) is 8.63. The van der Waals surface area contributed by atoms with Crippen molar-refractivity contribution in [3.05, 3.63) is 54.2 Å². The molecule has 1 fully saturated rings. The molecule has 1 aliphatic heterocycles. The van der Waals surface area contributed by atoms with Crippen molar-refractivity contribution in [3.8, 4) is 0 Å². The number of furan rings is 1. The predicted molar refractivity (Wildman–Crippen MR) is 91.3 cm³/mol. The van der Waals surface area contributed by atoms with Crippen LogP contribution in [0.5, 0.6) is 0 Å². The van der Waals surface area contributed by atoms with Gasteiger partial charge in [-0.25, -0.2) is 4.39 Å². The lowest BCUT2D eigenvalue weighted by Gasteiger charge is -2.15. The zero-order valence-electron chi connectivity index (χ0n) is 12.7. The van der Waals surface area contributed by atoms with Crippen LogP contribution in [0.25, 0.3) is 0 Å². The number of hydrogen-bond acceptors (Lipinski definition) is 6. The molecule has 0 aliphatic carbocycles. The molecule has 25 heavy (non-hydrogen) atoms. The van der Waals surface area contributed by atoms with Crippen LogP contribution in [0.2, 0.25) is 0 Å². The van der Waals surface area contributed by atoms with Crippen molar-refractivity contribution in [2.24, 2.45) is 10.2 Å². The summed E-state index contributed by atoms with van der Waals surface area (Å²) in [5, 5.41) is 16.2. The first-order valence-electron chi connectivity index (χ1n) is 7.17. The van der Waals surface area contributed by atoms with Gasteiger partial charge in [-0.15, -0.1) is 5.10 Å². The van der Waals surface area contributed by atoms with Crippen LogP contribution in [0.1, 0.15) is 12.2 Å². The molecular formula is C16H12FN3O4S. The number of nitrogens with zero attached hydrogens (tertiary/aromatic N) is 3. The molecule has 3 rings (SSSR count). The minimum Gasteiger partial charge on any atom is -0.481 e. The molecule has 1 aliphatic rings. The van der Waals surface area contributed by atoms with Gasteiger partial charge in [0.05, 0.1) is 24.6 Å². The Hall–Kier alpha value is -2.94. The lowest BCUT2D eigenvalue weighted by Crippen LogP contribution is -2.32. The summed E-state index contributed by atoms with van der Waals surface area (Å²) in [5.41, 5.74) is 0.388. The average Bonchev–Trinajstić information content (AvgIpc) is 3.18. The summed E-state index contributed by atoms with van der Waals surface area (Å²) in [5.74, 6) is -1.50. The number of anilines is 1. The van der Waals surface area contributed by atoms with E-state index < -0.39 is 22.9 Å². The fraction of sp³-hybridized carbons (Fsp3) is 0.125. The standard InChI is InChI=1S/C16H12FN3O4S/c17-10-3-5-11(6-4-10)20-15(23)13(8-14(21)22)25-16(20)19-18-9-12-2-1-7-24-12/h1-7,9,13H,8H2,(H,21,22)/b18-9+,19-16-/t13-/m0/s1. The Morgan fingerprint density at radius 3 is 2.76 bits per heavy atom. The highest BCUT2D eigenvalue weighted by atomic mass is 32.2. The highest BCUT2D eigenvalue weighted by Gasteiger charge is 2.40. The Balaban J connectivity index is 1.90. The van der Waals surface area contributed by atoms with Gasteiger partial charge in [0.2, 0.25) is 5.91 Å². The topological polar surface area (TPSA) is 95.5 Å². The Morgan fingerprint density at radius 1 is 1.36 bits per heavy atom. The van der Waals surface area contributed by atoms with E-state index in [1.807, 2.05) is 0 Å². The van der Waals surface area contributed by atoms with Gasteiger partial charge in [-0.3, -0.25) is 14.5 Å². The highest BCUT2D eigenvalue weighted by molar-refractivity contribution is 8.16. The molecule has 1 atom stereocenters. The van der Waals surface area contributed by atoms with E-state index in [2.05, 4.69) is 10.2 Å². The quantitative estimate of drug-likeness (QED) is 0.653. The third-order valence-corrected chi connectivity index (χ3v) is 4.38. The summed E-state index contributed by atoms with van der Waals surface area (Å²) < 4.78 is 18.2. The van der Waals surface area contributed by atoms with Gasteiger partial charge >= 0.3 is 5.97 Å². The van der Waals surface area contributed by atoms with Crippen molar-refractivity contribution in [3.63, 3.8) is 0 Å². The van der Waals surface area contributed by atoms with Gasteiger partial charge in [0.1, 0.15) is 16.8 Å². The fourth-order valence-corrected chi connectivity index (χ4v) is 3.23. The molecule has 0 bridgehead atoms. The smallest absolute Gasteiger partial charge is 0.305 e. The molecule has 7 nitrogen and oxygen atoms in total. The zero-order chi connectivity index (χ0) is 17.8. The van der Waals surface area contributed by atoms with Gasteiger partial charge < -0.3 is 9.52 Å². The van der Waals surface area contributed by atoms with E-state index in [9.17, 15) is 14.0 Å². The molecule has 1 saturated heterocycles. The molecule has 1 aromatic carbocycles. The number of hydrogen-bond donors (Lipinski definition) is 1. The summed E-state index contributed by atoms with van der Waals surface area (Å²) in [4.78, 5) is 24.7. The maximum Gasteiger partial charge on any atom is 0.305 e. The lowest BCUT2D eigenvalue weighted by atomic mass is 10.2. The summed E-state index contributed by atoms with van der Waals surface area (Å²) >= 11 is 0.999. The first-order valence-corrected chi connectivity index (χ1v) is 8.05. The molecule has 0 unspecified atom stereocenters.